The van der Waals surface area contributed by atoms with Crippen LogP contribution < -0.4 is 10.6 Å². The first kappa shape index (κ1) is 40.9. The maximum absolute atomic E-state index is 14.1. The van der Waals surface area contributed by atoms with Gasteiger partial charge in [-0.05, 0) is 107 Å². The zero-order valence-electron chi connectivity index (χ0n) is 36.1. The van der Waals surface area contributed by atoms with Crippen LogP contribution in [-0.2, 0) is 24.6 Å². The number of rotatable bonds is 10. The molecule has 2 aliphatic heterocycles. The van der Waals surface area contributed by atoms with Crippen molar-refractivity contribution >= 4 is 56.8 Å². The minimum absolute atomic E-state index is 0.106. The smallest absolute Gasteiger partial charge is 0.407 e. The molecule has 6 aromatic rings. The molecule has 322 valence electrons. The molecule has 4 aromatic carbocycles. The number of fused-ring (bicyclic) bond motifs is 5. The van der Waals surface area contributed by atoms with Crippen LogP contribution in [0.25, 0.3) is 55.1 Å². The third kappa shape index (κ3) is 7.08. The van der Waals surface area contributed by atoms with Gasteiger partial charge in [0.25, 0.3) is 0 Å². The molecule has 1 saturated carbocycles. The fourth-order valence-electron chi connectivity index (χ4n) is 10.2. The molecule has 62 heavy (non-hydrogen) atoms. The lowest BCUT2D eigenvalue weighted by molar-refractivity contribution is -0.140. The molecule has 5 atom stereocenters. The molecule has 2 saturated heterocycles. The van der Waals surface area contributed by atoms with Gasteiger partial charge in [0.1, 0.15) is 29.3 Å². The monoisotopic (exact) mass is 838 g/mol. The Balaban J connectivity index is 1.00. The molecule has 2 unspecified atom stereocenters. The summed E-state index contributed by atoms with van der Waals surface area (Å²) in [6, 6.07) is 23.7. The number of carbonyl (C=O) groups excluding carboxylic acids is 4. The second kappa shape index (κ2) is 16.1. The maximum Gasteiger partial charge on any atom is 0.407 e. The van der Waals surface area contributed by atoms with Crippen LogP contribution in [0.5, 0.6) is 0 Å². The predicted octanol–water partition coefficient (Wildman–Crippen LogP) is 8.19. The van der Waals surface area contributed by atoms with Gasteiger partial charge in [0.15, 0.2) is 0 Å². The third-order valence-corrected chi connectivity index (χ3v) is 13.4. The molecule has 2 aromatic heterocycles. The summed E-state index contributed by atoms with van der Waals surface area (Å²) in [5, 5.41) is 7.72. The van der Waals surface area contributed by atoms with E-state index in [4.69, 9.17) is 19.4 Å². The Morgan fingerprint density at radius 1 is 0.742 bits per heavy atom. The van der Waals surface area contributed by atoms with Crippen LogP contribution in [0, 0.1) is 17.8 Å². The number of alkyl carbamates (subject to hydrolysis) is 2. The van der Waals surface area contributed by atoms with Crippen LogP contribution in [0.4, 0.5) is 9.59 Å². The minimum Gasteiger partial charge on any atom is -0.453 e. The van der Waals surface area contributed by atoms with Gasteiger partial charge in [0, 0.05) is 13.1 Å². The molecular weight excluding hydrogens is 785 g/mol. The van der Waals surface area contributed by atoms with Crippen molar-refractivity contribution in [3.05, 3.63) is 84.4 Å². The second-order valence-electron chi connectivity index (χ2n) is 17.9. The van der Waals surface area contributed by atoms with Crippen molar-refractivity contribution < 1.29 is 28.7 Å². The summed E-state index contributed by atoms with van der Waals surface area (Å²) in [7, 11) is 2.61. The predicted molar refractivity (Wildman–Crippen MR) is 237 cm³/mol. The summed E-state index contributed by atoms with van der Waals surface area (Å²) in [4.78, 5) is 73.2. The fraction of sp³-hybridized carbons (Fsp3) is 0.417. The van der Waals surface area contributed by atoms with E-state index in [1.165, 1.54) is 14.2 Å². The van der Waals surface area contributed by atoms with E-state index in [2.05, 4.69) is 87.3 Å². The zero-order valence-corrected chi connectivity index (χ0v) is 36.1. The van der Waals surface area contributed by atoms with Crippen LogP contribution in [0.1, 0.15) is 77.5 Å². The van der Waals surface area contributed by atoms with E-state index < -0.39 is 29.8 Å². The molecule has 0 spiro atoms. The maximum atomic E-state index is 14.1. The topological polar surface area (TPSA) is 175 Å². The van der Waals surface area contributed by atoms with Gasteiger partial charge in [-0.15, -0.1) is 0 Å². The number of nitrogens with zero attached hydrogens (tertiary/aromatic N) is 4. The van der Waals surface area contributed by atoms with E-state index in [1.807, 2.05) is 43.6 Å². The van der Waals surface area contributed by atoms with Gasteiger partial charge in [-0.2, -0.15) is 0 Å². The number of hydrogen-bond donors (Lipinski definition) is 4. The second-order valence-corrected chi connectivity index (χ2v) is 17.9. The summed E-state index contributed by atoms with van der Waals surface area (Å²) < 4.78 is 9.66. The molecule has 4 heterocycles. The third-order valence-electron chi connectivity index (χ3n) is 13.4. The average Bonchev–Trinajstić information content (AvgIpc) is 4.13. The molecule has 3 fully saturated rings. The molecule has 2 bridgehead atoms. The number of imidazole rings is 2. The molecule has 1 aliphatic carbocycles. The van der Waals surface area contributed by atoms with Crippen LogP contribution in [-0.4, -0.2) is 93.1 Å². The highest BCUT2D eigenvalue weighted by atomic mass is 16.5. The summed E-state index contributed by atoms with van der Waals surface area (Å²) in [6.45, 7) is 8.90. The number of carbonyl (C=O) groups is 4. The minimum atomic E-state index is -0.703. The molecule has 4 N–H and O–H groups in total. The molecule has 3 aliphatic rings. The van der Waals surface area contributed by atoms with Crippen molar-refractivity contribution in [2.75, 3.05) is 27.3 Å². The van der Waals surface area contributed by atoms with Crippen molar-refractivity contribution in [3.8, 4) is 22.3 Å². The molecule has 14 nitrogen and oxygen atoms in total. The first-order valence-electron chi connectivity index (χ1n) is 21.7. The van der Waals surface area contributed by atoms with E-state index in [9.17, 15) is 19.2 Å². The van der Waals surface area contributed by atoms with E-state index in [0.717, 1.165) is 98.8 Å². The number of likely N-dealkylation sites (tertiary alicyclic amines) is 2. The first-order chi connectivity index (χ1) is 29.9. The number of ether oxygens (including phenoxy) is 2. The van der Waals surface area contributed by atoms with Crippen molar-refractivity contribution in [3.63, 3.8) is 0 Å². The number of nitrogens with one attached hydrogen (secondary N) is 4. The largest absolute Gasteiger partial charge is 0.453 e. The normalized spacial score (nSPS) is 20.7. The van der Waals surface area contributed by atoms with E-state index in [0.29, 0.717) is 19.0 Å². The molecule has 0 radical (unpaired) electrons. The molecule has 14 heteroatoms. The number of benzene rings is 4. The summed E-state index contributed by atoms with van der Waals surface area (Å²) in [5.74, 6) is 1.42. The Hall–Kier alpha value is -6.44. The molecule has 4 amide bonds. The lowest BCUT2D eigenvalue weighted by atomic mass is 9.92. The summed E-state index contributed by atoms with van der Waals surface area (Å²) >= 11 is 0. The number of piperidine rings is 1. The standard InChI is InChI=1S/C48H54N8O6/c1-26(2)40(53-46(59)61-5)43(57)55-21-9-14-39(55)42-49-35-17-15-29(22-37(35)50-42)31-10-7-13-34-32(11-8-12-33(31)34)30-16-18-36-38(23-30)52-45(51-36)48-20-19-28(24-48)25-56(48)44(58)41(27(3)4)54-47(60)62-6/h7-8,10-13,15-18,22-23,26-28,39-41H,9,14,19-21,24-25H2,1-6H3,(H,49,50)(H,51,52)(H,53,59)(H,54,60)/t28?,39-,40-,41-,48?/m0/s1. The first-order valence-corrected chi connectivity index (χ1v) is 21.7. The highest BCUT2D eigenvalue weighted by Gasteiger charge is 2.56. The van der Waals surface area contributed by atoms with Gasteiger partial charge < -0.3 is 39.9 Å². The average molecular weight is 839 g/mol. The van der Waals surface area contributed by atoms with Crippen LogP contribution in [0.2, 0.25) is 0 Å². The van der Waals surface area contributed by atoms with E-state index in [1.54, 1.807) is 0 Å². The quantitative estimate of drug-likeness (QED) is 0.107. The Kier molecular flexibility index (Phi) is 10.6. The van der Waals surface area contributed by atoms with Crippen molar-refractivity contribution in [1.82, 2.24) is 40.4 Å². The highest BCUT2D eigenvalue weighted by molar-refractivity contribution is 6.05. The molecule has 9 rings (SSSR count). The van der Waals surface area contributed by atoms with Crippen LogP contribution in [0.15, 0.2) is 72.8 Å². The van der Waals surface area contributed by atoms with Gasteiger partial charge in [-0.3, -0.25) is 9.59 Å². The van der Waals surface area contributed by atoms with Crippen LogP contribution >= 0.6 is 0 Å². The van der Waals surface area contributed by atoms with Crippen molar-refractivity contribution in [2.45, 2.75) is 83.5 Å². The summed E-state index contributed by atoms with van der Waals surface area (Å²) in [5.41, 5.74) is 7.13. The number of H-pyrrole nitrogens is 2. The van der Waals surface area contributed by atoms with Crippen molar-refractivity contribution in [1.29, 1.82) is 0 Å². The number of aromatic amines is 2. The highest BCUT2D eigenvalue weighted by Crippen LogP contribution is 2.53. The number of hydrogen-bond acceptors (Lipinski definition) is 8. The fourth-order valence-corrected chi connectivity index (χ4v) is 10.2. The van der Waals surface area contributed by atoms with Crippen LogP contribution in [0.3, 0.4) is 0 Å². The number of aromatic nitrogens is 4. The Labute approximate surface area is 360 Å². The Morgan fingerprint density at radius 2 is 1.32 bits per heavy atom. The Bertz CT molecular complexity index is 2720. The zero-order chi connectivity index (χ0) is 43.4. The van der Waals surface area contributed by atoms with Crippen molar-refractivity contribution in [2.24, 2.45) is 17.8 Å². The van der Waals surface area contributed by atoms with E-state index >= 15 is 0 Å². The SMILES string of the molecule is COC(=O)N[C@H](C(=O)N1CCC[C@H]1c1nc2ccc(-c3cccc4c(-c5ccc6nc(C78CCC(CN7C(=O)[C@@H](NC(=O)OC)C(C)C)C8)[nH]c6c5)cccc34)cc2[nH]1)C(C)C. The number of amides is 4. The lowest BCUT2D eigenvalue weighted by Crippen LogP contribution is -2.56. The van der Waals surface area contributed by atoms with Gasteiger partial charge in [0.2, 0.25) is 11.8 Å². The van der Waals surface area contributed by atoms with Gasteiger partial charge in [-0.1, -0.05) is 76.2 Å². The van der Waals surface area contributed by atoms with Gasteiger partial charge in [0.05, 0.1) is 42.3 Å². The van der Waals surface area contributed by atoms with E-state index in [-0.39, 0.29) is 29.7 Å². The molecular formula is C48H54N8O6. The number of methoxy groups -OCH3 is 2. The Morgan fingerprint density at radius 3 is 1.90 bits per heavy atom. The lowest BCUT2D eigenvalue weighted by Gasteiger charge is -2.40. The van der Waals surface area contributed by atoms with Gasteiger partial charge in [-0.25, -0.2) is 19.6 Å². The van der Waals surface area contributed by atoms with Gasteiger partial charge >= 0.3 is 12.2 Å². The summed E-state index contributed by atoms with van der Waals surface area (Å²) in [6.07, 6.45) is 3.03.